The summed E-state index contributed by atoms with van der Waals surface area (Å²) in [6, 6.07) is 5.09. The maximum absolute atomic E-state index is 5.80. The minimum absolute atomic E-state index is 0.353. The molecule has 102 valence electrons. The smallest absolute Gasteiger partial charge is 0.121 e. The fourth-order valence-electron chi connectivity index (χ4n) is 2.60. The van der Waals surface area contributed by atoms with E-state index in [4.69, 9.17) is 4.42 Å². The monoisotopic (exact) mass is 251 g/mol. The molecule has 0 aliphatic carbocycles. The standard InChI is InChI=1S/C14H25N3O/c1-11-5-6-14(18-11)13(16(2)3)9-12-10-15-7-8-17(12)4/h5-6,12-13,15H,7-10H2,1-4H3. The van der Waals surface area contributed by atoms with Crippen LogP contribution in [0.2, 0.25) is 0 Å². The molecule has 1 saturated heterocycles. The molecular formula is C14H25N3O. The van der Waals surface area contributed by atoms with Crippen LogP contribution >= 0.6 is 0 Å². The van der Waals surface area contributed by atoms with Gasteiger partial charge < -0.3 is 14.6 Å². The summed E-state index contributed by atoms with van der Waals surface area (Å²) in [6.07, 6.45) is 1.10. The average molecular weight is 251 g/mol. The number of nitrogens with one attached hydrogen (secondary N) is 1. The van der Waals surface area contributed by atoms with Gasteiger partial charge in [-0.1, -0.05) is 0 Å². The van der Waals surface area contributed by atoms with Crippen LogP contribution in [-0.4, -0.2) is 56.6 Å². The van der Waals surface area contributed by atoms with E-state index in [0.717, 1.165) is 37.6 Å². The molecule has 1 aromatic rings. The molecule has 2 rings (SSSR count). The van der Waals surface area contributed by atoms with Gasteiger partial charge in [0.15, 0.2) is 0 Å². The van der Waals surface area contributed by atoms with Crippen molar-refractivity contribution in [1.82, 2.24) is 15.1 Å². The number of nitrogens with zero attached hydrogens (tertiary/aromatic N) is 2. The molecule has 0 aromatic carbocycles. The van der Waals surface area contributed by atoms with E-state index >= 15 is 0 Å². The van der Waals surface area contributed by atoms with Gasteiger partial charge in [-0.15, -0.1) is 0 Å². The van der Waals surface area contributed by atoms with Crippen LogP contribution in [0.25, 0.3) is 0 Å². The van der Waals surface area contributed by atoms with Gasteiger partial charge in [-0.2, -0.15) is 0 Å². The number of hydrogen-bond acceptors (Lipinski definition) is 4. The molecule has 1 aliphatic rings. The first-order valence-electron chi connectivity index (χ1n) is 6.71. The highest BCUT2D eigenvalue weighted by Gasteiger charge is 2.26. The van der Waals surface area contributed by atoms with Gasteiger partial charge in [0.1, 0.15) is 11.5 Å². The van der Waals surface area contributed by atoms with Gasteiger partial charge in [0.05, 0.1) is 6.04 Å². The van der Waals surface area contributed by atoms with E-state index in [1.165, 1.54) is 0 Å². The first-order chi connectivity index (χ1) is 8.58. The maximum atomic E-state index is 5.80. The van der Waals surface area contributed by atoms with E-state index in [0.29, 0.717) is 12.1 Å². The van der Waals surface area contributed by atoms with Gasteiger partial charge in [-0.05, 0) is 46.6 Å². The fraction of sp³-hybridized carbons (Fsp3) is 0.714. The summed E-state index contributed by atoms with van der Waals surface area (Å²) in [5.41, 5.74) is 0. The van der Waals surface area contributed by atoms with Crippen LogP contribution in [0.15, 0.2) is 16.5 Å². The summed E-state index contributed by atoms with van der Waals surface area (Å²) < 4.78 is 5.80. The quantitative estimate of drug-likeness (QED) is 0.878. The number of piperazine rings is 1. The van der Waals surface area contributed by atoms with Crippen molar-refractivity contribution in [2.75, 3.05) is 40.8 Å². The molecule has 2 atom stereocenters. The van der Waals surface area contributed by atoms with Crippen LogP contribution in [0.5, 0.6) is 0 Å². The van der Waals surface area contributed by atoms with Crippen molar-refractivity contribution < 1.29 is 4.42 Å². The predicted molar refractivity (Wildman–Crippen MR) is 73.8 cm³/mol. The summed E-state index contributed by atoms with van der Waals surface area (Å²) >= 11 is 0. The third kappa shape index (κ3) is 3.13. The zero-order chi connectivity index (χ0) is 13.1. The Hall–Kier alpha value is -0.840. The molecular weight excluding hydrogens is 226 g/mol. The fourth-order valence-corrected chi connectivity index (χ4v) is 2.60. The predicted octanol–water partition coefficient (Wildman–Crippen LogP) is 1.48. The molecule has 4 heteroatoms. The SMILES string of the molecule is Cc1ccc(C(CC2CNCCN2C)N(C)C)o1. The van der Waals surface area contributed by atoms with Gasteiger partial charge in [-0.25, -0.2) is 0 Å². The van der Waals surface area contributed by atoms with Gasteiger partial charge >= 0.3 is 0 Å². The summed E-state index contributed by atoms with van der Waals surface area (Å²) in [6.45, 7) is 5.30. The first-order valence-corrected chi connectivity index (χ1v) is 6.71. The maximum Gasteiger partial charge on any atom is 0.121 e. The summed E-state index contributed by atoms with van der Waals surface area (Å²) in [7, 11) is 6.46. The zero-order valence-corrected chi connectivity index (χ0v) is 11.9. The molecule has 0 amide bonds. The number of furan rings is 1. The summed E-state index contributed by atoms with van der Waals surface area (Å²) in [4.78, 5) is 4.70. The Morgan fingerprint density at radius 1 is 1.50 bits per heavy atom. The van der Waals surface area contributed by atoms with Crippen molar-refractivity contribution in [2.45, 2.75) is 25.4 Å². The highest BCUT2D eigenvalue weighted by Crippen LogP contribution is 2.26. The lowest BCUT2D eigenvalue weighted by Gasteiger charge is -2.36. The normalized spacial score (nSPS) is 23.5. The zero-order valence-electron chi connectivity index (χ0n) is 11.9. The van der Waals surface area contributed by atoms with Crippen molar-refractivity contribution >= 4 is 0 Å². The van der Waals surface area contributed by atoms with Crippen LogP contribution in [0.4, 0.5) is 0 Å². The molecule has 2 unspecified atom stereocenters. The van der Waals surface area contributed by atoms with E-state index in [2.05, 4.69) is 48.4 Å². The largest absolute Gasteiger partial charge is 0.465 e. The van der Waals surface area contributed by atoms with Crippen molar-refractivity contribution in [2.24, 2.45) is 0 Å². The van der Waals surface area contributed by atoms with Crippen LogP contribution < -0.4 is 5.32 Å². The van der Waals surface area contributed by atoms with Gasteiger partial charge in [0, 0.05) is 25.7 Å². The molecule has 18 heavy (non-hydrogen) atoms. The molecule has 4 nitrogen and oxygen atoms in total. The van der Waals surface area contributed by atoms with Gasteiger partial charge in [0.2, 0.25) is 0 Å². The van der Waals surface area contributed by atoms with Crippen LogP contribution in [-0.2, 0) is 0 Å². The van der Waals surface area contributed by atoms with Gasteiger partial charge in [0.25, 0.3) is 0 Å². The Labute approximate surface area is 110 Å². The molecule has 1 aromatic heterocycles. The van der Waals surface area contributed by atoms with E-state index in [-0.39, 0.29) is 0 Å². The lowest BCUT2D eigenvalue weighted by atomic mass is 10.0. The molecule has 1 fully saturated rings. The van der Waals surface area contributed by atoms with Crippen LogP contribution in [0.3, 0.4) is 0 Å². The third-order valence-electron chi connectivity index (χ3n) is 3.85. The van der Waals surface area contributed by atoms with Crippen molar-refractivity contribution in [1.29, 1.82) is 0 Å². The number of hydrogen-bond donors (Lipinski definition) is 1. The second-order valence-electron chi connectivity index (χ2n) is 5.50. The van der Waals surface area contributed by atoms with Gasteiger partial charge in [-0.3, -0.25) is 4.90 Å². The van der Waals surface area contributed by atoms with Crippen molar-refractivity contribution in [3.05, 3.63) is 23.7 Å². The lowest BCUT2D eigenvalue weighted by molar-refractivity contribution is 0.139. The highest BCUT2D eigenvalue weighted by atomic mass is 16.3. The Morgan fingerprint density at radius 2 is 2.28 bits per heavy atom. The van der Waals surface area contributed by atoms with E-state index in [1.807, 2.05) is 6.92 Å². The minimum Gasteiger partial charge on any atom is -0.465 e. The summed E-state index contributed by atoms with van der Waals surface area (Å²) in [5.74, 6) is 2.07. The molecule has 0 saturated carbocycles. The Bertz CT molecular complexity index is 375. The molecule has 0 radical (unpaired) electrons. The number of likely N-dealkylation sites (N-methyl/N-ethyl adjacent to an activating group) is 1. The van der Waals surface area contributed by atoms with Crippen LogP contribution in [0.1, 0.15) is 24.0 Å². The molecule has 1 aliphatic heterocycles. The Balaban J connectivity index is 2.06. The molecule has 0 bridgehead atoms. The van der Waals surface area contributed by atoms with E-state index in [1.54, 1.807) is 0 Å². The molecule has 1 N–H and O–H groups in total. The topological polar surface area (TPSA) is 31.6 Å². The Morgan fingerprint density at radius 3 is 2.83 bits per heavy atom. The van der Waals surface area contributed by atoms with Crippen LogP contribution in [0, 0.1) is 6.92 Å². The average Bonchev–Trinajstić information content (AvgIpc) is 2.74. The lowest BCUT2D eigenvalue weighted by Crippen LogP contribution is -2.50. The second kappa shape index (κ2) is 5.87. The Kier molecular flexibility index (Phi) is 4.43. The molecule has 2 heterocycles. The first kappa shape index (κ1) is 13.6. The number of aryl methyl sites for hydroxylation is 1. The minimum atomic E-state index is 0.353. The number of rotatable bonds is 4. The van der Waals surface area contributed by atoms with E-state index in [9.17, 15) is 0 Å². The van der Waals surface area contributed by atoms with Crippen molar-refractivity contribution in [3.8, 4) is 0 Å². The van der Waals surface area contributed by atoms with E-state index < -0.39 is 0 Å². The third-order valence-corrected chi connectivity index (χ3v) is 3.85. The molecule has 0 spiro atoms. The van der Waals surface area contributed by atoms with Crippen molar-refractivity contribution in [3.63, 3.8) is 0 Å². The summed E-state index contributed by atoms with van der Waals surface area (Å²) in [5, 5.41) is 3.48. The highest BCUT2D eigenvalue weighted by molar-refractivity contribution is 5.10. The second-order valence-corrected chi connectivity index (χ2v) is 5.50.